The van der Waals surface area contributed by atoms with Gasteiger partial charge in [0.15, 0.2) is 0 Å². The number of halogens is 3. The SMILES string of the molecule is C[C@H](c1cc(F)ccc1F)N(C(=O)c1ccccc1F)[C@H](C(N)=O)c1ccccc1. The van der Waals surface area contributed by atoms with Crippen molar-refractivity contribution in [2.45, 2.75) is 19.0 Å². The molecule has 154 valence electrons. The van der Waals surface area contributed by atoms with Crippen molar-refractivity contribution in [3.63, 3.8) is 0 Å². The maximum Gasteiger partial charge on any atom is 0.258 e. The number of rotatable bonds is 6. The average molecular weight is 412 g/mol. The van der Waals surface area contributed by atoms with Crippen LogP contribution >= 0.6 is 0 Å². The van der Waals surface area contributed by atoms with Crippen LogP contribution in [0.1, 0.15) is 40.5 Å². The van der Waals surface area contributed by atoms with E-state index < -0.39 is 41.3 Å². The van der Waals surface area contributed by atoms with Gasteiger partial charge in [-0.05, 0) is 42.8 Å². The molecule has 0 radical (unpaired) electrons. The number of nitrogens with zero attached hydrogens (tertiary/aromatic N) is 1. The number of primary amides is 1. The zero-order valence-electron chi connectivity index (χ0n) is 16.1. The minimum Gasteiger partial charge on any atom is -0.368 e. The Morgan fingerprint density at radius 1 is 0.867 bits per heavy atom. The van der Waals surface area contributed by atoms with Gasteiger partial charge in [-0.2, -0.15) is 0 Å². The first-order valence-electron chi connectivity index (χ1n) is 9.17. The Morgan fingerprint density at radius 3 is 2.13 bits per heavy atom. The average Bonchev–Trinajstić information content (AvgIpc) is 2.73. The molecule has 30 heavy (non-hydrogen) atoms. The first-order chi connectivity index (χ1) is 14.3. The van der Waals surface area contributed by atoms with Gasteiger partial charge in [-0.1, -0.05) is 42.5 Å². The summed E-state index contributed by atoms with van der Waals surface area (Å²) in [7, 11) is 0. The predicted octanol–water partition coefficient (Wildman–Crippen LogP) is 4.53. The summed E-state index contributed by atoms with van der Waals surface area (Å²) in [6, 6.07) is 13.7. The maximum atomic E-state index is 14.5. The van der Waals surface area contributed by atoms with Crippen LogP contribution in [0.5, 0.6) is 0 Å². The van der Waals surface area contributed by atoms with Crippen molar-refractivity contribution in [3.8, 4) is 0 Å². The molecule has 2 amide bonds. The molecule has 0 heterocycles. The van der Waals surface area contributed by atoms with E-state index in [1.54, 1.807) is 30.3 Å². The number of carbonyl (C=O) groups excluding carboxylic acids is 2. The highest BCUT2D eigenvalue weighted by molar-refractivity contribution is 5.98. The lowest BCUT2D eigenvalue weighted by atomic mass is 9.97. The third-order valence-corrected chi connectivity index (χ3v) is 4.83. The van der Waals surface area contributed by atoms with Gasteiger partial charge in [-0.3, -0.25) is 9.59 Å². The van der Waals surface area contributed by atoms with Crippen LogP contribution in [-0.2, 0) is 4.79 Å². The van der Waals surface area contributed by atoms with E-state index in [-0.39, 0.29) is 11.1 Å². The normalized spacial score (nSPS) is 12.8. The minimum atomic E-state index is -1.34. The lowest BCUT2D eigenvalue weighted by Crippen LogP contribution is -2.43. The molecule has 2 N–H and O–H groups in total. The summed E-state index contributed by atoms with van der Waals surface area (Å²) in [5.41, 5.74) is 5.49. The Bertz CT molecular complexity index is 1070. The van der Waals surface area contributed by atoms with Gasteiger partial charge in [0.25, 0.3) is 5.91 Å². The molecule has 4 nitrogen and oxygen atoms in total. The molecule has 0 spiro atoms. The second kappa shape index (κ2) is 8.82. The van der Waals surface area contributed by atoms with Crippen molar-refractivity contribution in [2.75, 3.05) is 0 Å². The van der Waals surface area contributed by atoms with Crippen LogP contribution in [0.2, 0.25) is 0 Å². The molecule has 0 aliphatic heterocycles. The fourth-order valence-electron chi connectivity index (χ4n) is 3.37. The number of hydrogen-bond acceptors (Lipinski definition) is 2. The second-order valence-corrected chi connectivity index (χ2v) is 6.75. The summed E-state index contributed by atoms with van der Waals surface area (Å²) in [4.78, 5) is 26.8. The van der Waals surface area contributed by atoms with E-state index in [0.717, 1.165) is 29.2 Å². The number of carbonyl (C=O) groups is 2. The summed E-state index contributed by atoms with van der Waals surface area (Å²) in [6.07, 6.45) is 0. The third-order valence-electron chi connectivity index (χ3n) is 4.83. The largest absolute Gasteiger partial charge is 0.368 e. The smallest absolute Gasteiger partial charge is 0.258 e. The monoisotopic (exact) mass is 412 g/mol. The second-order valence-electron chi connectivity index (χ2n) is 6.75. The zero-order chi connectivity index (χ0) is 21.8. The first kappa shape index (κ1) is 21.1. The number of amides is 2. The Morgan fingerprint density at radius 2 is 1.50 bits per heavy atom. The molecule has 0 saturated carbocycles. The first-order valence-corrected chi connectivity index (χ1v) is 9.17. The summed E-state index contributed by atoms with van der Waals surface area (Å²) >= 11 is 0. The Labute approximate surface area is 171 Å². The van der Waals surface area contributed by atoms with E-state index in [4.69, 9.17) is 5.73 Å². The van der Waals surface area contributed by atoms with Gasteiger partial charge in [0.05, 0.1) is 11.6 Å². The molecule has 3 rings (SSSR count). The van der Waals surface area contributed by atoms with Crippen molar-refractivity contribution >= 4 is 11.8 Å². The molecule has 3 aromatic rings. The van der Waals surface area contributed by atoms with Crippen LogP contribution in [0.4, 0.5) is 13.2 Å². The fraction of sp³-hybridized carbons (Fsp3) is 0.130. The van der Waals surface area contributed by atoms with Crippen LogP contribution in [0.15, 0.2) is 72.8 Å². The van der Waals surface area contributed by atoms with E-state index in [0.29, 0.717) is 5.56 Å². The Kier molecular flexibility index (Phi) is 6.20. The lowest BCUT2D eigenvalue weighted by molar-refractivity contribution is -0.123. The number of hydrogen-bond donors (Lipinski definition) is 1. The third kappa shape index (κ3) is 4.20. The molecule has 0 aliphatic carbocycles. The Balaban J connectivity index is 2.20. The molecule has 0 aromatic heterocycles. The van der Waals surface area contributed by atoms with E-state index >= 15 is 0 Å². The maximum absolute atomic E-state index is 14.5. The highest BCUT2D eigenvalue weighted by atomic mass is 19.1. The summed E-state index contributed by atoms with van der Waals surface area (Å²) < 4.78 is 42.7. The molecule has 0 bridgehead atoms. The standard InChI is InChI=1S/C23H19F3N2O2/c1-14(18-13-16(24)11-12-20(18)26)28(23(30)17-9-5-6-10-19(17)25)21(22(27)29)15-7-3-2-4-8-15/h2-14,21H,1H3,(H2,27,29)/t14-,21+/m1/s1. The van der Waals surface area contributed by atoms with Gasteiger partial charge in [-0.25, -0.2) is 13.2 Å². The summed E-state index contributed by atoms with van der Waals surface area (Å²) in [6.45, 7) is 1.43. The molecular weight excluding hydrogens is 393 g/mol. The van der Waals surface area contributed by atoms with Crippen LogP contribution in [-0.4, -0.2) is 16.7 Å². The van der Waals surface area contributed by atoms with E-state index in [1.807, 2.05) is 0 Å². The van der Waals surface area contributed by atoms with Crippen molar-refractivity contribution in [1.82, 2.24) is 4.90 Å². The molecule has 0 aliphatic rings. The van der Waals surface area contributed by atoms with Gasteiger partial charge in [0.2, 0.25) is 5.91 Å². The molecule has 0 saturated heterocycles. The van der Waals surface area contributed by atoms with Crippen molar-refractivity contribution in [2.24, 2.45) is 5.73 Å². The van der Waals surface area contributed by atoms with Crippen LogP contribution in [0.25, 0.3) is 0 Å². The molecule has 0 fully saturated rings. The van der Waals surface area contributed by atoms with E-state index in [2.05, 4.69) is 0 Å². The number of nitrogens with two attached hydrogens (primary N) is 1. The lowest BCUT2D eigenvalue weighted by Gasteiger charge is -2.35. The predicted molar refractivity (Wildman–Crippen MR) is 106 cm³/mol. The van der Waals surface area contributed by atoms with Crippen LogP contribution in [0.3, 0.4) is 0 Å². The van der Waals surface area contributed by atoms with Crippen molar-refractivity contribution < 1.29 is 22.8 Å². The topological polar surface area (TPSA) is 63.4 Å². The summed E-state index contributed by atoms with van der Waals surface area (Å²) in [5, 5.41) is 0. The quantitative estimate of drug-likeness (QED) is 0.646. The van der Waals surface area contributed by atoms with Gasteiger partial charge in [0.1, 0.15) is 23.5 Å². The van der Waals surface area contributed by atoms with E-state index in [1.165, 1.54) is 25.1 Å². The van der Waals surface area contributed by atoms with Gasteiger partial charge in [0, 0.05) is 5.56 Å². The zero-order valence-corrected chi connectivity index (χ0v) is 16.1. The Hall–Kier alpha value is -3.61. The summed E-state index contributed by atoms with van der Waals surface area (Å²) in [5.74, 6) is -4.07. The molecule has 0 unspecified atom stereocenters. The van der Waals surface area contributed by atoms with Crippen molar-refractivity contribution in [3.05, 3.63) is 107 Å². The van der Waals surface area contributed by atoms with Crippen LogP contribution in [0, 0.1) is 17.5 Å². The highest BCUT2D eigenvalue weighted by Crippen LogP contribution is 2.34. The minimum absolute atomic E-state index is 0.165. The molecule has 3 aromatic carbocycles. The molecular formula is C23H19F3N2O2. The molecule has 7 heteroatoms. The number of benzene rings is 3. The fourth-order valence-corrected chi connectivity index (χ4v) is 3.37. The molecule has 2 atom stereocenters. The van der Waals surface area contributed by atoms with Crippen LogP contribution < -0.4 is 5.73 Å². The van der Waals surface area contributed by atoms with Gasteiger partial charge in [-0.15, -0.1) is 0 Å². The van der Waals surface area contributed by atoms with Crippen molar-refractivity contribution in [1.29, 1.82) is 0 Å². The van der Waals surface area contributed by atoms with E-state index in [9.17, 15) is 22.8 Å². The highest BCUT2D eigenvalue weighted by Gasteiger charge is 2.36. The van der Waals surface area contributed by atoms with Gasteiger partial charge >= 0.3 is 0 Å². The van der Waals surface area contributed by atoms with Gasteiger partial charge < -0.3 is 10.6 Å².